The molecule has 0 spiro atoms. The number of anilines is 1. The van der Waals surface area contributed by atoms with Crippen molar-refractivity contribution in [2.24, 2.45) is 5.92 Å². The maximum Gasteiger partial charge on any atom is 0.228 e. The van der Waals surface area contributed by atoms with Gasteiger partial charge in [-0.05, 0) is 49.6 Å². The molecule has 0 saturated heterocycles. The molecule has 0 atom stereocenters. The first-order valence-electron chi connectivity index (χ1n) is 8.17. The van der Waals surface area contributed by atoms with Crippen LogP contribution in [-0.2, 0) is 4.79 Å². The first kappa shape index (κ1) is 14.9. The Balaban J connectivity index is 1.84. The fraction of sp³-hybridized carbons (Fsp3) is 0.263. The Bertz CT molecular complexity index is 928. The van der Waals surface area contributed by atoms with Gasteiger partial charge in [0.05, 0.1) is 0 Å². The van der Waals surface area contributed by atoms with Crippen LogP contribution in [-0.4, -0.2) is 15.3 Å². The van der Waals surface area contributed by atoms with Gasteiger partial charge < -0.3 is 5.32 Å². The summed E-state index contributed by atoms with van der Waals surface area (Å²) in [5.74, 6) is 0.368. The lowest BCUT2D eigenvalue weighted by Crippen LogP contribution is -2.28. The van der Waals surface area contributed by atoms with Crippen molar-refractivity contribution in [1.82, 2.24) is 9.38 Å². The number of aryl methyl sites for hydroxylation is 1. The van der Waals surface area contributed by atoms with Gasteiger partial charge in [0.25, 0.3) is 0 Å². The minimum atomic E-state index is -0.322. The zero-order chi connectivity index (χ0) is 16.7. The van der Waals surface area contributed by atoms with E-state index in [2.05, 4.69) is 10.3 Å². The van der Waals surface area contributed by atoms with Gasteiger partial charge in [0.2, 0.25) is 5.91 Å². The molecule has 4 nitrogen and oxygen atoms in total. The molecule has 1 N–H and O–H groups in total. The predicted molar refractivity (Wildman–Crippen MR) is 91.3 cm³/mol. The van der Waals surface area contributed by atoms with Crippen LogP contribution in [0.25, 0.3) is 16.9 Å². The van der Waals surface area contributed by atoms with Crippen molar-refractivity contribution in [1.29, 1.82) is 0 Å². The molecule has 1 amide bonds. The highest BCUT2D eigenvalue weighted by atomic mass is 19.1. The second-order valence-corrected chi connectivity index (χ2v) is 6.37. The maximum atomic E-state index is 13.6. The number of aromatic nitrogens is 2. The number of carbonyl (C=O) groups is 1. The zero-order valence-corrected chi connectivity index (χ0v) is 13.4. The quantitative estimate of drug-likeness (QED) is 0.785. The molecule has 0 bridgehead atoms. The van der Waals surface area contributed by atoms with E-state index in [4.69, 9.17) is 0 Å². The summed E-state index contributed by atoms with van der Waals surface area (Å²) in [4.78, 5) is 17.1. The van der Waals surface area contributed by atoms with E-state index >= 15 is 0 Å². The number of rotatable bonds is 3. The van der Waals surface area contributed by atoms with E-state index in [0.29, 0.717) is 17.1 Å². The molecule has 1 aliphatic rings. The van der Waals surface area contributed by atoms with Gasteiger partial charge >= 0.3 is 0 Å². The van der Waals surface area contributed by atoms with Crippen molar-refractivity contribution in [2.75, 3.05) is 5.32 Å². The molecule has 4 rings (SSSR count). The third-order valence-electron chi connectivity index (χ3n) is 4.60. The van der Waals surface area contributed by atoms with Crippen LogP contribution in [0.3, 0.4) is 0 Å². The second-order valence-electron chi connectivity index (χ2n) is 6.37. The summed E-state index contributed by atoms with van der Waals surface area (Å²) in [6.07, 6.45) is 4.84. The van der Waals surface area contributed by atoms with Crippen LogP contribution >= 0.6 is 0 Å². The fourth-order valence-corrected chi connectivity index (χ4v) is 2.99. The summed E-state index contributed by atoms with van der Waals surface area (Å²) in [5, 5.41) is 3.01. The average molecular weight is 323 g/mol. The lowest BCUT2D eigenvalue weighted by Gasteiger charge is -2.24. The zero-order valence-electron chi connectivity index (χ0n) is 13.4. The average Bonchev–Trinajstić information content (AvgIpc) is 2.83. The minimum absolute atomic E-state index is 0.0151. The van der Waals surface area contributed by atoms with Crippen LogP contribution in [0.15, 0.2) is 42.6 Å². The second kappa shape index (κ2) is 5.74. The van der Waals surface area contributed by atoms with Crippen LogP contribution in [0.1, 0.15) is 24.8 Å². The van der Waals surface area contributed by atoms with Gasteiger partial charge in [-0.1, -0.05) is 18.6 Å². The molecule has 2 heterocycles. The van der Waals surface area contributed by atoms with E-state index in [1.807, 2.05) is 29.7 Å². The van der Waals surface area contributed by atoms with Crippen molar-refractivity contribution in [2.45, 2.75) is 26.2 Å². The standard InChI is InChI=1S/C19H18FN3O/c1-12-8-9-23-16(10-12)21-17(14-6-3-7-15(20)11-14)18(23)22-19(24)13-4-2-5-13/h3,6-11,13H,2,4-5H2,1H3,(H,22,24). The molecule has 1 fully saturated rings. The summed E-state index contributed by atoms with van der Waals surface area (Å²) in [6.45, 7) is 1.99. The lowest BCUT2D eigenvalue weighted by molar-refractivity contribution is -0.122. The predicted octanol–water partition coefficient (Wildman–Crippen LogP) is 4.19. The van der Waals surface area contributed by atoms with Crippen molar-refractivity contribution < 1.29 is 9.18 Å². The van der Waals surface area contributed by atoms with Crippen LogP contribution in [0.2, 0.25) is 0 Å². The summed E-state index contributed by atoms with van der Waals surface area (Å²) in [5.41, 5.74) is 3.06. The number of amides is 1. The highest BCUT2D eigenvalue weighted by Crippen LogP contribution is 2.32. The number of hydrogen-bond donors (Lipinski definition) is 1. The summed E-state index contributed by atoms with van der Waals surface area (Å²) >= 11 is 0. The van der Waals surface area contributed by atoms with Crippen molar-refractivity contribution in [3.05, 3.63) is 54.0 Å². The van der Waals surface area contributed by atoms with Crippen molar-refractivity contribution in [3.63, 3.8) is 0 Å². The lowest BCUT2D eigenvalue weighted by atomic mass is 9.85. The monoisotopic (exact) mass is 323 g/mol. The highest BCUT2D eigenvalue weighted by Gasteiger charge is 2.27. The van der Waals surface area contributed by atoms with Crippen LogP contribution in [0.4, 0.5) is 10.2 Å². The van der Waals surface area contributed by atoms with Crippen LogP contribution in [0.5, 0.6) is 0 Å². The van der Waals surface area contributed by atoms with Gasteiger partial charge in [0.1, 0.15) is 23.0 Å². The number of carbonyl (C=O) groups excluding carboxylic acids is 1. The summed E-state index contributed by atoms with van der Waals surface area (Å²) < 4.78 is 15.5. The fourth-order valence-electron chi connectivity index (χ4n) is 2.99. The minimum Gasteiger partial charge on any atom is -0.310 e. The first-order chi connectivity index (χ1) is 11.6. The van der Waals surface area contributed by atoms with E-state index in [1.54, 1.807) is 12.1 Å². The van der Waals surface area contributed by atoms with Gasteiger partial charge in [-0.15, -0.1) is 0 Å². The molecule has 122 valence electrons. The Morgan fingerprint density at radius 1 is 1.29 bits per heavy atom. The molecule has 0 radical (unpaired) electrons. The molecule has 1 saturated carbocycles. The van der Waals surface area contributed by atoms with Crippen LogP contribution in [0, 0.1) is 18.7 Å². The van der Waals surface area contributed by atoms with Gasteiger partial charge in [-0.3, -0.25) is 9.20 Å². The Morgan fingerprint density at radius 2 is 2.12 bits per heavy atom. The third kappa shape index (κ3) is 2.56. The first-order valence-corrected chi connectivity index (χ1v) is 8.17. The van der Waals surface area contributed by atoms with E-state index < -0.39 is 0 Å². The normalized spacial score (nSPS) is 14.6. The number of benzene rings is 1. The molecular weight excluding hydrogens is 305 g/mol. The van der Waals surface area contributed by atoms with Gasteiger partial charge in [-0.25, -0.2) is 9.37 Å². The Hall–Kier alpha value is -2.69. The molecule has 3 aromatic rings. The number of nitrogens with zero attached hydrogens (tertiary/aromatic N) is 2. The molecule has 0 aliphatic heterocycles. The molecule has 5 heteroatoms. The topological polar surface area (TPSA) is 46.4 Å². The maximum absolute atomic E-state index is 13.6. The third-order valence-corrected chi connectivity index (χ3v) is 4.60. The Labute approximate surface area is 139 Å². The van der Waals surface area contributed by atoms with Crippen molar-refractivity contribution >= 4 is 17.4 Å². The number of imidazole rings is 1. The number of pyridine rings is 1. The van der Waals surface area contributed by atoms with Gasteiger partial charge in [0, 0.05) is 17.7 Å². The molecule has 0 unspecified atom stereocenters. The van der Waals surface area contributed by atoms with E-state index in [1.165, 1.54) is 12.1 Å². The number of hydrogen-bond acceptors (Lipinski definition) is 2. The Morgan fingerprint density at radius 3 is 2.83 bits per heavy atom. The number of fused-ring (bicyclic) bond motifs is 1. The molecule has 1 aliphatic carbocycles. The van der Waals surface area contributed by atoms with Crippen molar-refractivity contribution in [3.8, 4) is 11.3 Å². The summed E-state index contributed by atoms with van der Waals surface area (Å²) in [7, 11) is 0. The molecule has 1 aromatic carbocycles. The molecule has 24 heavy (non-hydrogen) atoms. The van der Waals surface area contributed by atoms with E-state index in [9.17, 15) is 9.18 Å². The number of nitrogens with one attached hydrogen (secondary N) is 1. The van der Waals surface area contributed by atoms with Gasteiger partial charge in [-0.2, -0.15) is 0 Å². The molecule has 2 aromatic heterocycles. The highest BCUT2D eigenvalue weighted by molar-refractivity contribution is 5.96. The van der Waals surface area contributed by atoms with E-state index in [-0.39, 0.29) is 17.6 Å². The SMILES string of the molecule is Cc1ccn2c(NC(=O)C3CCC3)c(-c3cccc(F)c3)nc2c1. The Kier molecular flexibility index (Phi) is 3.56. The molecular formula is C19H18FN3O. The summed E-state index contributed by atoms with van der Waals surface area (Å²) in [6, 6.07) is 10.2. The van der Waals surface area contributed by atoms with E-state index in [0.717, 1.165) is 30.5 Å². The number of halogens is 1. The van der Waals surface area contributed by atoms with Gasteiger partial charge in [0.15, 0.2) is 0 Å². The smallest absolute Gasteiger partial charge is 0.228 e. The van der Waals surface area contributed by atoms with Crippen LogP contribution < -0.4 is 5.32 Å². The largest absolute Gasteiger partial charge is 0.310 e.